The maximum Gasteiger partial charge on any atom is 0.319 e. The van der Waals surface area contributed by atoms with Gasteiger partial charge in [-0.25, -0.2) is 9.78 Å². The van der Waals surface area contributed by atoms with Crippen LogP contribution in [0, 0.1) is 0 Å². The van der Waals surface area contributed by atoms with Crippen LogP contribution in [0.2, 0.25) is 0 Å². The van der Waals surface area contributed by atoms with Crippen molar-refractivity contribution in [1.82, 2.24) is 30.4 Å². The van der Waals surface area contributed by atoms with E-state index in [0.29, 0.717) is 25.9 Å². The summed E-state index contributed by atoms with van der Waals surface area (Å²) in [7, 11) is 0. The molecular formula is C16H24N6O3. The van der Waals surface area contributed by atoms with Crippen molar-refractivity contribution < 1.29 is 14.4 Å². The number of nitrogens with one attached hydrogen (secondary N) is 3. The van der Waals surface area contributed by atoms with Gasteiger partial charge in [-0.15, -0.1) is 0 Å². The average molecular weight is 348 g/mol. The molecule has 0 aromatic carbocycles. The molecule has 0 radical (unpaired) electrons. The van der Waals surface area contributed by atoms with E-state index in [-0.39, 0.29) is 37.0 Å². The van der Waals surface area contributed by atoms with E-state index < -0.39 is 5.54 Å². The van der Waals surface area contributed by atoms with Gasteiger partial charge in [0.25, 0.3) is 0 Å². The number of carbonyl (C=O) groups excluding carboxylic acids is 3. The molecule has 2 aliphatic heterocycles. The zero-order valence-electron chi connectivity index (χ0n) is 14.5. The molecule has 9 heteroatoms. The van der Waals surface area contributed by atoms with Crippen LogP contribution < -0.4 is 10.6 Å². The molecule has 136 valence electrons. The van der Waals surface area contributed by atoms with Gasteiger partial charge in [-0.1, -0.05) is 0 Å². The van der Waals surface area contributed by atoms with Gasteiger partial charge in [0.1, 0.15) is 5.54 Å². The summed E-state index contributed by atoms with van der Waals surface area (Å²) in [4.78, 5) is 47.4. The third kappa shape index (κ3) is 3.31. The van der Waals surface area contributed by atoms with Crippen molar-refractivity contribution in [3.05, 3.63) is 18.2 Å². The van der Waals surface area contributed by atoms with E-state index in [1.54, 1.807) is 22.3 Å². The second kappa shape index (κ2) is 6.73. The van der Waals surface area contributed by atoms with E-state index in [4.69, 9.17) is 0 Å². The van der Waals surface area contributed by atoms with E-state index in [1.807, 2.05) is 13.8 Å². The van der Waals surface area contributed by atoms with Crippen LogP contribution >= 0.6 is 0 Å². The minimum atomic E-state index is -0.857. The molecule has 4 amide bonds. The third-order valence-electron chi connectivity index (χ3n) is 4.83. The quantitative estimate of drug-likeness (QED) is 0.704. The Bertz CT molecular complexity index is 649. The van der Waals surface area contributed by atoms with E-state index in [9.17, 15) is 14.4 Å². The Balaban J connectivity index is 1.65. The van der Waals surface area contributed by atoms with Crippen LogP contribution in [-0.4, -0.2) is 69.0 Å². The number of amides is 4. The number of piperidine rings is 1. The molecule has 2 fully saturated rings. The number of nitrogens with zero attached hydrogens (tertiary/aromatic N) is 3. The van der Waals surface area contributed by atoms with Gasteiger partial charge in [0.2, 0.25) is 11.8 Å². The first-order valence-corrected chi connectivity index (χ1v) is 8.54. The summed E-state index contributed by atoms with van der Waals surface area (Å²) in [5.74, 6) is -0.136. The van der Waals surface area contributed by atoms with Gasteiger partial charge in [-0.05, 0) is 26.7 Å². The molecule has 1 aromatic rings. The standard InChI is InChI=1S/C16H24N6O3/c1-11(2)20-15(25)22-10-19-14(24)16(22)3-5-21(6-4-16)13(23)7-12-8-17-9-18-12/h8-9,11H,3-7,10H2,1-2H3,(H,17,18)(H,19,24)(H,20,25). The van der Waals surface area contributed by atoms with Crippen LogP contribution in [0.25, 0.3) is 0 Å². The van der Waals surface area contributed by atoms with Gasteiger partial charge < -0.3 is 20.5 Å². The fourth-order valence-corrected chi connectivity index (χ4v) is 3.46. The lowest BCUT2D eigenvalue weighted by Gasteiger charge is -2.42. The number of H-pyrrole nitrogens is 1. The molecule has 0 atom stereocenters. The second-order valence-corrected chi connectivity index (χ2v) is 6.86. The number of rotatable bonds is 3. The highest BCUT2D eigenvalue weighted by atomic mass is 16.2. The van der Waals surface area contributed by atoms with Crippen LogP contribution in [-0.2, 0) is 16.0 Å². The first-order chi connectivity index (χ1) is 11.9. The minimum absolute atomic E-state index is 0.00340. The minimum Gasteiger partial charge on any atom is -0.348 e. The van der Waals surface area contributed by atoms with Crippen molar-refractivity contribution in [2.75, 3.05) is 19.8 Å². The lowest BCUT2D eigenvalue weighted by Crippen LogP contribution is -2.60. The molecule has 0 saturated carbocycles. The summed E-state index contributed by atoms with van der Waals surface area (Å²) in [6.07, 6.45) is 4.32. The van der Waals surface area contributed by atoms with Gasteiger partial charge in [-0.3, -0.25) is 14.5 Å². The maximum absolute atomic E-state index is 12.4. The van der Waals surface area contributed by atoms with Crippen molar-refractivity contribution >= 4 is 17.8 Å². The molecule has 3 rings (SSSR count). The molecule has 25 heavy (non-hydrogen) atoms. The highest BCUT2D eigenvalue weighted by Gasteiger charge is 2.52. The van der Waals surface area contributed by atoms with E-state index >= 15 is 0 Å². The van der Waals surface area contributed by atoms with Crippen LogP contribution in [0.15, 0.2) is 12.5 Å². The number of likely N-dealkylation sites (tertiary alicyclic amines) is 1. The Morgan fingerprint density at radius 1 is 1.36 bits per heavy atom. The normalized spacial score (nSPS) is 19.4. The van der Waals surface area contributed by atoms with E-state index in [2.05, 4.69) is 20.6 Å². The topological polar surface area (TPSA) is 110 Å². The smallest absolute Gasteiger partial charge is 0.319 e. The van der Waals surface area contributed by atoms with Crippen molar-refractivity contribution in [3.8, 4) is 0 Å². The van der Waals surface area contributed by atoms with Gasteiger partial charge >= 0.3 is 6.03 Å². The average Bonchev–Trinajstić information content (AvgIpc) is 3.17. The number of hydrogen-bond acceptors (Lipinski definition) is 4. The second-order valence-electron chi connectivity index (χ2n) is 6.86. The van der Waals surface area contributed by atoms with Gasteiger partial charge in [0.15, 0.2) is 0 Å². The molecule has 2 aliphatic rings. The fraction of sp³-hybridized carbons (Fsp3) is 0.625. The number of hydrogen-bond donors (Lipinski definition) is 3. The van der Waals surface area contributed by atoms with Crippen molar-refractivity contribution in [2.45, 2.75) is 44.7 Å². The molecule has 1 aromatic heterocycles. The molecular weight excluding hydrogens is 324 g/mol. The summed E-state index contributed by atoms with van der Waals surface area (Å²) in [5.41, 5.74) is -0.0918. The zero-order valence-corrected chi connectivity index (χ0v) is 14.5. The first-order valence-electron chi connectivity index (χ1n) is 8.54. The van der Waals surface area contributed by atoms with Crippen LogP contribution in [0.5, 0.6) is 0 Å². The van der Waals surface area contributed by atoms with Gasteiger partial charge in [-0.2, -0.15) is 0 Å². The number of urea groups is 1. The Morgan fingerprint density at radius 3 is 2.68 bits per heavy atom. The lowest BCUT2D eigenvalue weighted by atomic mass is 9.86. The summed E-state index contributed by atoms with van der Waals surface area (Å²) in [6, 6.07) is -0.248. The van der Waals surface area contributed by atoms with E-state index in [0.717, 1.165) is 5.69 Å². The molecule has 3 N–H and O–H groups in total. The number of aromatic amines is 1. The van der Waals surface area contributed by atoms with Crippen molar-refractivity contribution in [1.29, 1.82) is 0 Å². The summed E-state index contributed by atoms with van der Waals surface area (Å²) in [5, 5.41) is 5.62. The highest BCUT2D eigenvalue weighted by Crippen LogP contribution is 2.32. The Kier molecular flexibility index (Phi) is 4.65. The lowest BCUT2D eigenvalue weighted by molar-refractivity contribution is -0.136. The number of imidazole rings is 1. The SMILES string of the molecule is CC(C)NC(=O)N1CNC(=O)C12CCN(C(=O)Cc1cnc[nH]1)CC2. The summed E-state index contributed by atoms with van der Waals surface area (Å²) >= 11 is 0. The number of aromatic nitrogens is 2. The summed E-state index contributed by atoms with van der Waals surface area (Å²) < 4.78 is 0. The Hall–Kier alpha value is -2.58. The van der Waals surface area contributed by atoms with Crippen molar-refractivity contribution in [2.24, 2.45) is 0 Å². The molecule has 9 nitrogen and oxygen atoms in total. The summed E-state index contributed by atoms with van der Waals surface area (Å²) in [6.45, 7) is 4.87. The van der Waals surface area contributed by atoms with Gasteiger partial charge in [0, 0.05) is 31.0 Å². The number of carbonyl (C=O) groups is 3. The predicted octanol–water partition coefficient (Wildman–Crippen LogP) is -0.179. The maximum atomic E-state index is 12.4. The Morgan fingerprint density at radius 2 is 2.08 bits per heavy atom. The zero-order chi connectivity index (χ0) is 18.0. The highest BCUT2D eigenvalue weighted by molar-refractivity contribution is 5.94. The third-order valence-corrected chi connectivity index (χ3v) is 4.83. The first kappa shape index (κ1) is 17.2. The molecule has 0 unspecified atom stereocenters. The van der Waals surface area contributed by atoms with Crippen molar-refractivity contribution in [3.63, 3.8) is 0 Å². The van der Waals surface area contributed by atoms with Gasteiger partial charge in [0.05, 0.1) is 19.4 Å². The largest absolute Gasteiger partial charge is 0.348 e. The van der Waals surface area contributed by atoms with Crippen LogP contribution in [0.1, 0.15) is 32.4 Å². The predicted molar refractivity (Wildman–Crippen MR) is 89.4 cm³/mol. The Labute approximate surface area is 146 Å². The van der Waals surface area contributed by atoms with Crippen LogP contribution in [0.3, 0.4) is 0 Å². The molecule has 3 heterocycles. The molecule has 0 bridgehead atoms. The molecule has 2 saturated heterocycles. The molecule has 1 spiro atoms. The fourth-order valence-electron chi connectivity index (χ4n) is 3.46. The van der Waals surface area contributed by atoms with Crippen LogP contribution in [0.4, 0.5) is 4.79 Å². The molecule has 0 aliphatic carbocycles. The monoisotopic (exact) mass is 348 g/mol. The van der Waals surface area contributed by atoms with E-state index in [1.165, 1.54) is 0 Å².